The standard InChI is InChI=1S/C9H18O.C6H10O2.2C6H12O.C4H8O.3C4H10/c1-8(2,3)5-9(4)6-10-7-9;1-4(2)5(3)6(7)8;1-6(2,3)5-4-7-5;1-5(2)6(3)4-7;1-4(2)3-5;3*1-4(2)3/h5-7H2,1-4H3;1-3H3,(H,7,8);5H,4H2,1-3H3;7H,4H2,1-3H3;3,5H,1-2H3;3*4H,1-3H3. The zero-order chi connectivity index (χ0) is 40.9. The van der Waals surface area contributed by atoms with E-state index in [4.69, 9.17) is 24.8 Å². The van der Waals surface area contributed by atoms with Crippen molar-refractivity contribution in [1.29, 1.82) is 0 Å². The predicted molar refractivity (Wildman–Crippen MR) is 219 cm³/mol. The first-order chi connectivity index (χ1) is 21.7. The van der Waals surface area contributed by atoms with E-state index in [1.54, 1.807) is 20.8 Å². The molecular weight excluding hydrogens is 612 g/mol. The van der Waals surface area contributed by atoms with Crippen LogP contribution in [0.15, 0.2) is 34.1 Å². The number of aliphatic carboxylic acids is 1. The monoisotopic (exact) mass is 703 g/mol. The molecule has 6 heteroatoms. The lowest BCUT2D eigenvalue weighted by Gasteiger charge is -2.42. The van der Waals surface area contributed by atoms with Crippen LogP contribution in [0.3, 0.4) is 0 Å². The van der Waals surface area contributed by atoms with Gasteiger partial charge >= 0.3 is 5.97 Å². The molecule has 2 fully saturated rings. The molecular formula is C43H90O6. The summed E-state index contributed by atoms with van der Waals surface area (Å²) < 4.78 is 10.3. The van der Waals surface area contributed by atoms with Crippen molar-refractivity contribution in [2.75, 3.05) is 26.4 Å². The molecule has 1 unspecified atom stereocenters. The maximum absolute atomic E-state index is 10.1. The van der Waals surface area contributed by atoms with Crippen LogP contribution in [0.4, 0.5) is 0 Å². The van der Waals surface area contributed by atoms with Crippen molar-refractivity contribution in [3.8, 4) is 0 Å². The van der Waals surface area contributed by atoms with Crippen LogP contribution < -0.4 is 0 Å². The summed E-state index contributed by atoms with van der Waals surface area (Å²) in [6.07, 6.45) is 2.91. The number of ether oxygens (including phenoxy) is 2. The summed E-state index contributed by atoms with van der Waals surface area (Å²) >= 11 is 0. The van der Waals surface area contributed by atoms with Crippen LogP contribution in [0.5, 0.6) is 0 Å². The van der Waals surface area contributed by atoms with Gasteiger partial charge in [-0.3, -0.25) is 0 Å². The number of carbonyl (C=O) groups is 1. The largest absolute Gasteiger partial charge is 0.516 e. The lowest BCUT2D eigenvalue weighted by atomic mass is 9.74. The highest BCUT2D eigenvalue weighted by Gasteiger charge is 2.37. The second-order valence-corrected chi connectivity index (χ2v) is 18.5. The summed E-state index contributed by atoms with van der Waals surface area (Å²) in [5.41, 5.74) is 5.84. The van der Waals surface area contributed by atoms with Crippen molar-refractivity contribution >= 4 is 5.97 Å². The second-order valence-electron chi connectivity index (χ2n) is 18.5. The number of aliphatic hydroxyl groups is 2. The van der Waals surface area contributed by atoms with Crippen molar-refractivity contribution < 1.29 is 29.6 Å². The molecule has 6 nitrogen and oxygen atoms in total. The Hall–Kier alpha value is -1.63. The first-order valence-electron chi connectivity index (χ1n) is 18.3. The maximum atomic E-state index is 10.1. The molecule has 2 aliphatic rings. The van der Waals surface area contributed by atoms with Gasteiger partial charge in [-0.1, -0.05) is 122 Å². The molecule has 2 rings (SSSR count). The number of epoxide rings is 1. The van der Waals surface area contributed by atoms with E-state index < -0.39 is 5.97 Å². The molecule has 2 saturated heterocycles. The van der Waals surface area contributed by atoms with Gasteiger partial charge in [0.2, 0.25) is 0 Å². The van der Waals surface area contributed by atoms with E-state index in [9.17, 15) is 4.79 Å². The van der Waals surface area contributed by atoms with Crippen molar-refractivity contribution in [1.82, 2.24) is 0 Å². The molecule has 0 aliphatic carbocycles. The minimum atomic E-state index is -0.829. The smallest absolute Gasteiger partial charge is 0.331 e. The molecule has 0 radical (unpaired) electrons. The Morgan fingerprint density at radius 1 is 0.755 bits per heavy atom. The number of carboxylic acid groups (broad SMARTS) is 1. The van der Waals surface area contributed by atoms with Gasteiger partial charge in [-0.25, -0.2) is 4.79 Å². The van der Waals surface area contributed by atoms with Gasteiger partial charge in [0, 0.05) is 11.0 Å². The molecule has 0 aromatic carbocycles. The number of hydrogen-bond acceptors (Lipinski definition) is 5. The zero-order valence-corrected chi connectivity index (χ0v) is 37.5. The third-order valence-electron chi connectivity index (χ3n) is 5.58. The fourth-order valence-electron chi connectivity index (χ4n) is 2.75. The van der Waals surface area contributed by atoms with Gasteiger partial charge in [-0.2, -0.15) is 0 Å². The minimum Gasteiger partial charge on any atom is -0.516 e. The number of rotatable bonds is 3. The Balaban J connectivity index is -0.000000110. The second kappa shape index (κ2) is 32.3. The Kier molecular flexibility index (Phi) is 39.2. The summed E-state index contributed by atoms with van der Waals surface area (Å²) in [7, 11) is 0. The van der Waals surface area contributed by atoms with Gasteiger partial charge < -0.3 is 24.8 Å². The van der Waals surface area contributed by atoms with Crippen molar-refractivity contribution in [3.05, 3.63) is 34.1 Å². The van der Waals surface area contributed by atoms with Crippen LogP contribution >= 0.6 is 0 Å². The van der Waals surface area contributed by atoms with E-state index in [1.807, 2.05) is 34.6 Å². The van der Waals surface area contributed by atoms with Crippen molar-refractivity contribution in [3.63, 3.8) is 0 Å². The average Bonchev–Trinajstić information content (AvgIpc) is 3.72. The Bertz CT molecular complexity index is 834. The predicted octanol–water partition coefficient (Wildman–Crippen LogP) is 13.1. The average molecular weight is 703 g/mol. The number of aliphatic hydroxyl groups excluding tert-OH is 2. The third-order valence-corrected chi connectivity index (χ3v) is 5.58. The summed E-state index contributed by atoms with van der Waals surface area (Å²) in [5.74, 6) is 1.67. The topological polar surface area (TPSA) is 99.5 Å². The molecule has 298 valence electrons. The maximum Gasteiger partial charge on any atom is 0.331 e. The van der Waals surface area contributed by atoms with E-state index in [-0.39, 0.29) is 6.61 Å². The molecule has 0 aromatic heterocycles. The van der Waals surface area contributed by atoms with Crippen molar-refractivity contribution in [2.45, 2.75) is 179 Å². The summed E-state index contributed by atoms with van der Waals surface area (Å²) in [5, 5.41) is 24.7. The van der Waals surface area contributed by atoms with E-state index in [0.29, 0.717) is 27.9 Å². The Morgan fingerprint density at radius 2 is 1.06 bits per heavy atom. The summed E-state index contributed by atoms with van der Waals surface area (Å²) in [6.45, 7) is 53.1. The summed E-state index contributed by atoms with van der Waals surface area (Å²) in [4.78, 5) is 10.1. The molecule has 2 heterocycles. The molecule has 0 aromatic rings. The molecule has 0 bridgehead atoms. The van der Waals surface area contributed by atoms with Gasteiger partial charge in [-0.15, -0.1) is 0 Å². The lowest BCUT2D eigenvalue weighted by Crippen LogP contribution is -2.42. The van der Waals surface area contributed by atoms with Gasteiger partial charge in [0.05, 0.1) is 38.8 Å². The van der Waals surface area contributed by atoms with E-state index in [0.717, 1.165) is 60.6 Å². The molecule has 2 aliphatic heterocycles. The zero-order valence-electron chi connectivity index (χ0n) is 37.5. The van der Waals surface area contributed by atoms with Crippen LogP contribution in [-0.4, -0.2) is 53.8 Å². The summed E-state index contributed by atoms with van der Waals surface area (Å²) in [6, 6.07) is 0. The first-order valence-corrected chi connectivity index (χ1v) is 18.3. The molecule has 0 amide bonds. The number of allylic oxidation sites excluding steroid dienone is 3. The highest BCUT2D eigenvalue weighted by Crippen LogP contribution is 2.38. The van der Waals surface area contributed by atoms with Gasteiger partial charge in [0.15, 0.2) is 0 Å². The SMILES string of the molecule is CC(C)(C)C1CO1.CC(C)(C)CC1(C)COC1.CC(C)=C(C)C(=O)O.CC(C)=C(C)CO.CC(C)=CO.CC(C)C.CC(C)C.CC(C)C. The van der Waals surface area contributed by atoms with Crippen LogP contribution in [0, 0.1) is 34.0 Å². The van der Waals surface area contributed by atoms with Crippen molar-refractivity contribution in [2.24, 2.45) is 34.0 Å². The van der Waals surface area contributed by atoms with Crippen LogP contribution in [0.1, 0.15) is 173 Å². The van der Waals surface area contributed by atoms with E-state index >= 15 is 0 Å². The van der Waals surface area contributed by atoms with E-state index in [2.05, 4.69) is 111 Å². The molecule has 1 atom stereocenters. The van der Waals surface area contributed by atoms with Crippen LogP contribution in [-0.2, 0) is 14.3 Å². The fraction of sp³-hybridized carbons (Fsp3) is 0.837. The molecule has 49 heavy (non-hydrogen) atoms. The minimum absolute atomic E-state index is 0.197. The van der Waals surface area contributed by atoms with Gasteiger partial charge in [-0.05, 0) is 102 Å². The quantitative estimate of drug-likeness (QED) is 0.117. The highest BCUT2D eigenvalue weighted by atomic mass is 16.6. The third kappa shape index (κ3) is 65.4. The number of carboxylic acids is 1. The Labute approximate surface area is 308 Å². The van der Waals surface area contributed by atoms with Gasteiger partial charge in [0.1, 0.15) is 0 Å². The molecule has 0 spiro atoms. The van der Waals surface area contributed by atoms with E-state index in [1.165, 1.54) is 12.0 Å². The molecule has 0 saturated carbocycles. The normalized spacial score (nSPS) is 14.7. The highest BCUT2D eigenvalue weighted by molar-refractivity contribution is 5.86. The number of hydrogen-bond donors (Lipinski definition) is 3. The van der Waals surface area contributed by atoms with Crippen LogP contribution in [0.2, 0.25) is 0 Å². The lowest BCUT2D eigenvalue weighted by molar-refractivity contribution is -0.132. The Morgan fingerprint density at radius 3 is 1.08 bits per heavy atom. The molecule has 3 N–H and O–H groups in total. The van der Waals surface area contributed by atoms with Gasteiger partial charge in [0.25, 0.3) is 0 Å². The first kappa shape index (κ1) is 59.5. The fourth-order valence-corrected chi connectivity index (χ4v) is 2.75. The van der Waals surface area contributed by atoms with Crippen LogP contribution in [0.25, 0.3) is 0 Å².